The second kappa shape index (κ2) is 6.40. The van der Waals surface area contributed by atoms with Gasteiger partial charge in [-0.1, -0.05) is 24.3 Å². The summed E-state index contributed by atoms with van der Waals surface area (Å²) in [5.74, 6) is 0. The molecular formula is C16H16N2. The van der Waals surface area contributed by atoms with Crippen molar-refractivity contribution in [3.63, 3.8) is 0 Å². The van der Waals surface area contributed by atoms with Crippen LogP contribution < -0.4 is 5.32 Å². The van der Waals surface area contributed by atoms with E-state index in [0.29, 0.717) is 0 Å². The molecule has 2 rings (SSSR count). The number of benzene rings is 2. The van der Waals surface area contributed by atoms with E-state index < -0.39 is 0 Å². The highest BCUT2D eigenvalue weighted by Gasteiger charge is 1.93. The maximum absolute atomic E-state index is 4.30. The molecule has 0 spiro atoms. The van der Waals surface area contributed by atoms with Gasteiger partial charge in [0.2, 0.25) is 0 Å². The van der Waals surface area contributed by atoms with Gasteiger partial charge in [-0.3, -0.25) is 4.99 Å². The van der Waals surface area contributed by atoms with Crippen molar-refractivity contribution in [3.05, 3.63) is 66.7 Å². The number of hydrogen-bond acceptors (Lipinski definition) is 2. The Bertz CT molecular complexity index is 525. The standard InChI is InChI=1S/C16H16N2/c1-2-3-13-17-14-9-11-16(12-10-14)18-15-7-5-4-6-8-15/h2-13,18H,1H3. The van der Waals surface area contributed by atoms with Crippen LogP contribution in [-0.4, -0.2) is 6.21 Å². The van der Waals surface area contributed by atoms with E-state index in [1.807, 2.05) is 73.7 Å². The Labute approximate surface area is 108 Å². The van der Waals surface area contributed by atoms with Crippen molar-refractivity contribution in [2.75, 3.05) is 5.32 Å². The van der Waals surface area contributed by atoms with Gasteiger partial charge in [0.05, 0.1) is 5.69 Å². The third-order valence-electron chi connectivity index (χ3n) is 2.43. The van der Waals surface area contributed by atoms with Crippen LogP contribution in [0.15, 0.2) is 71.7 Å². The Balaban J connectivity index is 2.04. The fourth-order valence-electron chi connectivity index (χ4n) is 1.53. The van der Waals surface area contributed by atoms with E-state index in [0.717, 1.165) is 17.1 Å². The van der Waals surface area contributed by atoms with Crippen molar-refractivity contribution in [3.8, 4) is 0 Å². The lowest BCUT2D eigenvalue weighted by atomic mass is 10.2. The molecule has 0 atom stereocenters. The first-order chi connectivity index (χ1) is 8.88. The molecule has 2 nitrogen and oxygen atoms in total. The number of para-hydroxylation sites is 1. The van der Waals surface area contributed by atoms with E-state index in [1.165, 1.54) is 0 Å². The molecule has 0 saturated carbocycles. The first-order valence-corrected chi connectivity index (χ1v) is 5.96. The summed E-state index contributed by atoms with van der Waals surface area (Å²) in [4.78, 5) is 4.30. The molecule has 0 fully saturated rings. The zero-order valence-corrected chi connectivity index (χ0v) is 10.4. The minimum absolute atomic E-state index is 0.951. The SMILES string of the molecule is CC=CC=Nc1ccc(Nc2ccccc2)cc1. The molecule has 18 heavy (non-hydrogen) atoms. The predicted molar refractivity (Wildman–Crippen MR) is 79.1 cm³/mol. The van der Waals surface area contributed by atoms with Crippen LogP contribution in [0.25, 0.3) is 0 Å². The monoisotopic (exact) mass is 236 g/mol. The van der Waals surface area contributed by atoms with Crippen molar-refractivity contribution in [2.24, 2.45) is 4.99 Å². The molecule has 0 aliphatic heterocycles. The topological polar surface area (TPSA) is 24.4 Å². The van der Waals surface area contributed by atoms with Crippen LogP contribution in [0.3, 0.4) is 0 Å². The molecule has 0 aliphatic carbocycles. The normalized spacial score (nSPS) is 11.2. The fraction of sp³-hybridized carbons (Fsp3) is 0.0625. The summed E-state index contributed by atoms with van der Waals surface area (Å²) >= 11 is 0. The van der Waals surface area contributed by atoms with Crippen LogP contribution in [0.2, 0.25) is 0 Å². The van der Waals surface area contributed by atoms with Crippen molar-refractivity contribution in [1.82, 2.24) is 0 Å². The highest BCUT2D eigenvalue weighted by Crippen LogP contribution is 2.19. The van der Waals surface area contributed by atoms with Crippen LogP contribution in [0.5, 0.6) is 0 Å². The second-order valence-electron chi connectivity index (χ2n) is 3.84. The number of hydrogen-bond donors (Lipinski definition) is 1. The van der Waals surface area contributed by atoms with Crippen LogP contribution >= 0.6 is 0 Å². The molecule has 0 aliphatic rings. The van der Waals surface area contributed by atoms with Crippen molar-refractivity contribution in [1.29, 1.82) is 0 Å². The van der Waals surface area contributed by atoms with E-state index in [1.54, 1.807) is 6.21 Å². The van der Waals surface area contributed by atoms with Crippen LogP contribution in [0, 0.1) is 0 Å². The number of rotatable bonds is 4. The summed E-state index contributed by atoms with van der Waals surface area (Å²) in [6, 6.07) is 18.1. The van der Waals surface area contributed by atoms with Crippen LogP contribution in [-0.2, 0) is 0 Å². The van der Waals surface area contributed by atoms with Crippen LogP contribution in [0.4, 0.5) is 17.1 Å². The Morgan fingerprint density at radius 2 is 1.56 bits per heavy atom. The zero-order chi connectivity index (χ0) is 12.6. The van der Waals surface area contributed by atoms with Gasteiger partial charge in [-0.05, 0) is 49.4 Å². The van der Waals surface area contributed by atoms with E-state index in [4.69, 9.17) is 0 Å². The van der Waals surface area contributed by atoms with Gasteiger partial charge >= 0.3 is 0 Å². The lowest BCUT2D eigenvalue weighted by Crippen LogP contribution is -1.88. The van der Waals surface area contributed by atoms with Gasteiger partial charge in [0.15, 0.2) is 0 Å². The average molecular weight is 236 g/mol. The van der Waals surface area contributed by atoms with E-state index in [9.17, 15) is 0 Å². The molecular weight excluding hydrogens is 220 g/mol. The van der Waals surface area contributed by atoms with Crippen molar-refractivity contribution >= 4 is 23.3 Å². The Kier molecular flexibility index (Phi) is 4.31. The van der Waals surface area contributed by atoms with Gasteiger partial charge in [0.1, 0.15) is 0 Å². The summed E-state index contributed by atoms with van der Waals surface area (Å²) in [6.45, 7) is 1.97. The molecule has 2 heteroatoms. The first-order valence-electron chi connectivity index (χ1n) is 5.96. The molecule has 0 unspecified atom stereocenters. The lowest BCUT2D eigenvalue weighted by molar-refractivity contribution is 1.50. The van der Waals surface area contributed by atoms with Gasteiger partial charge < -0.3 is 5.32 Å². The molecule has 0 saturated heterocycles. The summed E-state index contributed by atoms with van der Waals surface area (Å²) in [5.41, 5.74) is 3.10. The number of nitrogens with one attached hydrogen (secondary N) is 1. The zero-order valence-electron chi connectivity index (χ0n) is 10.4. The molecule has 0 aromatic heterocycles. The summed E-state index contributed by atoms with van der Waals surface area (Å²) < 4.78 is 0. The van der Waals surface area contributed by atoms with E-state index in [2.05, 4.69) is 10.3 Å². The van der Waals surface area contributed by atoms with Crippen molar-refractivity contribution < 1.29 is 0 Å². The number of allylic oxidation sites excluding steroid dienone is 2. The minimum Gasteiger partial charge on any atom is -0.356 e. The Hall–Kier alpha value is -2.35. The maximum atomic E-state index is 4.30. The molecule has 0 heterocycles. The quantitative estimate of drug-likeness (QED) is 0.764. The fourth-order valence-corrected chi connectivity index (χ4v) is 1.53. The molecule has 0 bridgehead atoms. The van der Waals surface area contributed by atoms with Gasteiger partial charge in [-0.25, -0.2) is 0 Å². The maximum Gasteiger partial charge on any atom is 0.0631 e. The molecule has 0 amide bonds. The highest BCUT2D eigenvalue weighted by atomic mass is 14.9. The first kappa shape index (κ1) is 12.1. The van der Waals surface area contributed by atoms with E-state index in [-0.39, 0.29) is 0 Å². The largest absolute Gasteiger partial charge is 0.356 e. The lowest BCUT2D eigenvalue weighted by Gasteiger charge is -2.05. The summed E-state index contributed by atoms with van der Waals surface area (Å²) in [6.07, 6.45) is 5.66. The molecule has 2 aromatic carbocycles. The Morgan fingerprint density at radius 3 is 2.22 bits per heavy atom. The van der Waals surface area contributed by atoms with Gasteiger partial charge in [0.25, 0.3) is 0 Å². The molecule has 1 N–H and O–H groups in total. The smallest absolute Gasteiger partial charge is 0.0631 e. The van der Waals surface area contributed by atoms with Crippen molar-refractivity contribution in [2.45, 2.75) is 6.92 Å². The van der Waals surface area contributed by atoms with Gasteiger partial charge in [-0.2, -0.15) is 0 Å². The molecule has 0 radical (unpaired) electrons. The Morgan fingerprint density at radius 1 is 0.889 bits per heavy atom. The van der Waals surface area contributed by atoms with Gasteiger partial charge in [-0.15, -0.1) is 0 Å². The second-order valence-corrected chi connectivity index (χ2v) is 3.84. The van der Waals surface area contributed by atoms with Crippen LogP contribution in [0.1, 0.15) is 6.92 Å². The predicted octanol–water partition coefficient (Wildman–Crippen LogP) is 4.71. The third-order valence-corrected chi connectivity index (χ3v) is 2.43. The number of nitrogens with zero attached hydrogens (tertiary/aromatic N) is 1. The minimum atomic E-state index is 0.951. The number of aliphatic imine (C=N–C) groups is 1. The molecule has 2 aromatic rings. The summed E-state index contributed by atoms with van der Waals surface area (Å²) in [7, 11) is 0. The van der Waals surface area contributed by atoms with Gasteiger partial charge in [0, 0.05) is 17.6 Å². The highest BCUT2D eigenvalue weighted by molar-refractivity contribution is 5.74. The summed E-state index contributed by atoms with van der Waals surface area (Å²) in [5, 5.41) is 3.33. The molecule has 90 valence electrons. The average Bonchev–Trinajstić information content (AvgIpc) is 2.42. The third kappa shape index (κ3) is 3.59. The van der Waals surface area contributed by atoms with E-state index >= 15 is 0 Å². The number of anilines is 2.